The Morgan fingerprint density at radius 2 is 2.25 bits per heavy atom. The number of nitrogens with one attached hydrogen (secondary N) is 1. The number of nitrogens with two attached hydrogens (primary N) is 1. The average molecular weight is 224 g/mol. The fraction of sp³-hybridized carbons (Fsp3) is 0.818. The van der Waals surface area contributed by atoms with E-state index in [1.807, 2.05) is 0 Å². The Morgan fingerprint density at radius 1 is 1.44 bits per heavy atom. The zero-order valence-corrected chi connectivity index (χ0v) is 9.94. The van der Waals surface area contributed by atoms with E-state index in [-0.39, 0.29) is 0 Å². The molecular weight excluding hydrogens is 204 g/mol. The predicted octanol–water partition coefficient (Wildman–Crippen LogP) is 1.76. The normalized spacial score (nSPS) is 29.6. The summed E-state index contributed by atoms with van der Waals surface area (Å²) >= 11 is 0. The van der Waals surface area contributed by atoms with Crippen LogP contribution in [0.1, 0.15) is 39.0 Å². The van der Waals surface area contributed by atoms with Crippen molar-refractivity contribution in [3.8, 4) is 0 Å². The number of nitrogens with zero attached hydrogens (tertiary/aromatic N) is 2. The lowest BCUT2D eigenvalue weighted by molar-refractivity contribution is 0.386. The first-order valence-corrected chi connectivity index (χ1v) is 6.03. The summed E-state index contributed by atoms with van der Waals surface area (Å²) in [4.78, 5) is 0. The van der Waals surface area contributed by atoms with Crippen LogP contribution in [0.5, 0.6) is 0 Å². The molecule has 0 radical (unpaired) electrons. The summed E-state index contributed by atoms with van der Waals surface area (Å²) in [5, 5.41) is 11.1. The van der Waals surface area contributed by atoms with Crippen LogP contribution in [0.4, 0.5) is 6.01 Å². The van der Waals surface area contributed by atoms with Crippen LogP contribution in [-0.2, 0) is 6.54 Å². The van der Waals surface area contributed by atoms with E-state index >= 15 is 0 Å². The van der Waals surface area contributed by atoms with Crippen molar-refractivity contribution in [2.75, 3.05) is 5.32 Å². The fourth-order valence-electron chi connectivity index (χ4n) is 2.58. The summed E-state index contributed by atoms with van der Waals surface area (Å²) in [6.45, 7) is 4.84. The molecule has 1 heterocycles. The Labute approximate surface area is 95.8 Å². The van der Waals surface area contributed by atoms with Gasteiger partial charge in [-0.15, -0.1) is 5.10 Å². The van der Waals surface area contributed by atoms with Gasteiger partial charge in [0.2, 0.25) is 5.89 Å². The molecule has 1 aliphatic carbocycles. The molecule has 3 unspecified atom stereocenters. The summed E-state index contributed by atoms with van der Waals surface area (Å²) in [6, 6.07) is 0.963. The van der Waals surface area contributed by atoms with Crippen molar-refractivity contribution in [3.05, 3.63) is 5.89 Å². The van der Waals surface area contributed by atoms with Crippen molar-refractivity contribution < 1.29 is 4.42 Å². The van der Waals surface area contributed by atoms with Crippen LogP contribution in [0.3, 0.4) is 0 Å². The highest BCUT2D eigenvalue weighted by atomic mass is 16.4. The van der Waals surface area contributed by atoms with E-state index in [4.69, 9.17) is 10.2 Å². The second-order valence-electron chi connectivity index (χ2n) is 4.56. The predicted molar refractivity (Wildman–Crippen MR) is 61.8 cm³/mol. The van der Waals surface area contributed by atoms with Gasteiger partial charge in [0.15, 0.2) is 0 Å². The number of aromatic nitrogens is 2. The topological polar surface area (TPSA) is 77.0 Å². The molecule has 0 bridgehead atoms. The van der Waals surface area contributed by atoms with Crippen LogP contribution in [0.25, 0.3) is 0 Å². The first-order valence-electron chi connectivity index (χ1n) is 6.03. The third kappa shape index (κ3) is 2.19. The minimum absolute atomic E-state index is 0.298. The Balaban J connectivity index is 1.95. The van der Waals surface area contributed by atoms with Crippen molar-refractivity contribution in [2.45, 2.75) is 45.7 Å². The molecule has 1 fully saturated rings. The monoisotopic (exact) mass is 224 g/mol. The quantitative estimate of drug-likeness (QED) is 0.815. The van der Waals surface area contributed by atoms with Gasteiger partial charge >= 0.3 is 6.01 Å². The van der Waals surface area contributed by atoms with Gasteiger partial charge in [-0.2, -0.15) is 0 Å². The number of hydrogen-bond acceptors (Lipinski definition) is 5. The molecule has 3 N–H and O–H groups in total. The van der Waals surface area contributed by atoms with E-state index in [0.717, 1.165) is 5.92 Å². The highest BCUT2D eigenvalue weighted by Crippen LogP contribution is 2.35. The van der Waals surface area contributed by atoms with Gasteiger partial charge in [-0.3, -0.25) is 0 Å². The van der Waals surface area contributed by atoms with Crippen molar-refractivity contribution in [1.29, 1.82) is 0 Å². The van der Waals surface area contributed by atoms with Gasteiger partial charge in [0.25, 0.3) is 0 Å². The van der Waals surface area contributed by atoms with Crippen molar-refractivity contribution >= 4 is 6.01 Å². The molecule has 5 heteroatoms. The molecule has 0 amide bonds. The Morgan fingerprint density at radius 3 is 2.81 bits per heavy atom. The first kappa shape index (κ1) is 11.4. The fourth-order valence-corrected chi connectivity index (χ4v) is 2.58. The van der Waals surface area contributed by atoms with Crippen LogP contribution in [0.2, 0.25) is 0 Å². The zero-order valence-electron chi connectivity index (χ0n) is 9.94. The van der Waals surface area contributed by atoms with E-state index in [1.165, 1.54) is 19.3 Å². The van der Waals surface area contributed by atoms with Gasteiger partial charge in [0.05, 0.1) is 6.54 Å². The highest BCUT2D eigenvalue weighted by molar-refractivity contribution is 5.21. The van der Waals surface area contributed by atoms with Gasteiger partial charge in [0, 0.05) is 6.04 Å². The highest BCUT2D eigenvalue weighted by Gasteiger charge is 2.32. The van der Waals surface area contributed by atoms with Crippen LogP contribution in [-0.4, -0.2) is 16.2 Å². The smallest absolute Gasteiger partial charge is 0.315 e. The molecular formula is C11H20N4O. The van der Waals surface area contributed by atoms with Crippen LogP contribution < -0.4 is 11.1 Å². The molecule has 3 atom stereocenters. The van der Waals surface area contributed by atoms with Gasteiger partial charge in [-0.05, 0) is 24.7 Å². The van der Waals surface area contributed by atoms with E-state index in [2.05, 4.69) is 29.4 Å². The Hall–Kier alpha value is -1.10. The van der Waals surface area contributed by atoms with Gasteiger partial charge < -0.3 is 15.5 Å². The molecule has 1 aromatic heterocycles. The van der Waals surface area contributed by atoms with Crippen LogP contribution >= 0.6 is 0 Å². The Bertz CT molecular complexity index is 338. The second-order valence-corrected chi connectivity index (χ2v) is 4.56. The third-order valence-electron chi connectivity index (χ3n) is 3.70. The first-order chi connectivity index (χ1) is 7.74. The molecule has 2 rings (SSSR count). The summed E-state index contributed by atoms with van der Waals surface area (Å²) in [5.74, 6) is 1.97. The molecule has 0 aromatic carbocycles. The van der Waals surface area contributed by atoms with Gasteiger partial charge in [-0.25, -0.2) is 0 Å². The van der Waals surface area contributed by atoms with Gasteiger partial charge in [0.1, 0.15) is 0 Å². The van der Waals surface area contributed by atoms with Crippen LogP contribution in [0.15, 0.2) is 4.42 Å². The molecule has 16 heavy (non-hydrogen) atoms. The largest absolute Gasteiger partial charge is 0.407 e. The standard InChI is InChI=1S/C11H20N4O/c1-3-8-4-5-9(7(8)2)13-11-15-14-10(6-12)16-11/h7-9H,3-6,12H2,1-2H3,(H,13,15). The van der Waals surface area contributed by atoms with Crippen LogP contribution in [0, 0.1) is 11.8 Å². The summed E-state index contributed by atoms with van der Waals surface area (Å²) in [5.41, 5.74) is 5.42. The number of hydrogen-bond donors (Lipinski definition) is 2. The number of rotatable bonds is 4. The van der Waals surface area contributed by atoms with Crippen molar-refractivity contribution in [2.24, 2.45) is 17.6 Å². The molecule has 1 aromatic rings. The molecule has 0 saturated heterocycles. The molecule has 1 saturated carbocycles. The maximum Gasteiger partial charge on any atom is 0.315 e. The van der Waals surface area contributed by atoms with Crippen molar-refractivity contribution in [1.82, 2.24) is 10.2 Å². The van der Waals surface area contributed by atoms with E-state index in [1.54, 1.807) is 0 Å². The zero-order chi connectivity index (χ0) is 11.5. The van der Waals surface area contributed by atoms with E-state index in [9.17, 15) is 0 Å². The lowest BCUT2D eigenvalue weighted by atomic mass is 9.94. The molecule has 0 aliphatic heterocycles. The molecule has 1 aliphatic rings. The maximum absolute atomic E-state index is 5.42. The summed E-state index contributed by atoms with van der Waals surface area (Å²) < 4.78 is 5.35. The summed E-state index contributed by atoms with van der Waals surface area (Å²) in [7, 11) is 0. The SMILES string of the molecule is CCC1CCC(Nc2nnc(CN)o2)C1C. The van der Waals surface area contributed by atoms with Crippen molar-refractivity contribution in [3.63, 3.8) is 0 Å². The van der Waals surface area contributed by atoms with E-state index < -0.39 is 0 Å². The lowest BCUT2D eigenvalue weighted by Gasteiger charge is -2.19. The average Bonchev–Trinajstić information content (AvgIpc) is 2.88. The van der Waals surface area contributed by atoms with Gasteiger partial charge in [-0.1, -0.05) is 25.4 Å². The molecule has 90 valence electrons. The lowest BCUT2D eigenvalue weighted by Crippen LogP contribution is -2.24. The second kappa shape index (κ2) is 4.82. The molecule has 0 spiro atoms. The maximum atomic E-state index is 5.42. The minimum Gasteiger partial charge on any atom is -0.407 e. The summed E-state index contributed by atoms with van der Waals surface area (Å²) in [6.07, 6.45) is 3.71. The number of anilines is 1. The Kier molecular flexibility index (Phi) is 3.43. The third-order valence-corrected chi connectivity index (χ3v) is 3.70. The molecule has 5 nitrogen and oxygen atoms in total. The minimum atomic E-state index is 0.298. The van der Waals surface area contributed by atoms with E-state index in [0.29, 0.717) is 30.4 Å².